The Labute approximate surface area is 169 Å². The predicted molar refractivity (Wildman–Crippen MR) is 113 cm³/mol. The van der Waals surface area contributed by atoms with E-state index in [0.29, 0.717) is 43.0 Å². The number of ether oxygens (including phenoxy) is 1. The van der Waals surface area contributed by atoms with Crippen molar-refractivity contribution < 1.29 is 14.3 Å². The summed E-state index contributed by atoms with van der Waals surface area (Å²) in [5.41, 5.74) is 3.41. The maximum atomic E-state index is 12.3. The highest BCUT2D eigenvalue weighted by Gasteiger charge is 2.15. The third-order valence-corrected chi connectivity index (χ3v) is 4.80. The van der Waals surface area contributed by atoms with Crippen LogP contribution in [0.4, 0.5) is 17.1 Å². The lowest BCUT2D eigenvalue weighted by molar-refractivity contribution is -0.117. The Morgan fingerprint density at radius 2 is 2.07 bits per heavy atom. The zero-order valence-corrected chi connectivity index (χ0v) is 16.8. The summed E-state index contributed by atoms with van der Waals surface area (Å²) in [6.07, 6.45) is 2.15. The van der Waals surface area contributed by atoms with Crippen molar-refractivity contribution in [1.29, 1.82) is 0 Å². The van der Waals surface area contributed by atoms with E-state index in [2.05, 4.69) is 10.6 Å². The molecule has 0 unspecified atom stereocenters. The second-order valence-electron chi connectivity index (χ2n) is 6.90. The Morgan fingerprint density at radius 3 is 2.86 bits per heavy atom. The summed E-state index contributed by atoms with van der Waals surface area (Å²) in [6.45, 7) is 0.439. The molecule has 1 aliphatic rings. The number of fused-ring (bicyclic) bond motifs is 1. The molecular formula is C21H24ClN3O3. The van der Waals surface area contributed by atoms with E-state index in [0.717, 1.165) is 22.7 Å². The topological polar surface area (TPSA) is 70.7 Å². The summed E-state index contributed by atoms with van der Waals surface area (Å²) < 4.78 is 5.76. The minimum atomic E-state index is -0.0814. The largest absolute Gasteiger partial charge is 0.494 e. The van der Waals surface area contributed by atoms with E-state index in [1.807, 2.05) is 49.3 Å². The molecule has 2 amide bonds. The Bertz CT molecular complexity index is 883. The molecule has 0 saturated carbocycles. The standard InChI is InChI=1S/C21H24ClN3O3/c1-25(2)21-16(22)5-3-6-18(21)24-19(26)7-4-12-28-15-9-10-17-14(13-15)8-11-20(27)23-17/h3,5-6,9-10,13H,4,7-8,11-12H2,1-2H3,(H,23,27)(H,24,26). The van der Waals surface area contributed by atoms with Crippen molar-refractivity contribution in [2.45, 2.75) is 25.7 Å². The highest BCUT2D eigenvalue weighted by atomic mass is 35.5. The van der Waals surface area contributed by atoms with Crippen molar-refractivity contribution in [3.05, 3.63) is 47.0 Å². The van der Waals surface area contributed by atoms with E-state index < -0.39 is 0 Å². The molecule has 1 heterocycles. The predicted octanol–water partition coefficient (Wildman–Crippen LogP) is 4.09. The Morgan fingerprint density at radius 1 is 1.25 bits per heavy atom. The number of rotatable bonds is 7. The molecule has 2 N–H and O–H groups in total. The average Bonchev–Trinajstić information content (AvgIpc) is 2.65. The van der Waals surface area contributed by atoms with Gasteiger partial charge in [0.05, 0.1) is 23.0 Å². The van der Waals surface area contributed by atoms with Crippen molar-refractivity contribution in [2.24, 2.45) is 0 Å². The number of carbonyl (C=O) groups is 2. The molecule has 1 aliphatic heterocycles. The number of aryl methyl sites for hydroxylation is 1. The fraction of sp³-hybridized carbons (Fsp3) is 0.333. The van der Waals surface area contributed by atoms with E-state index in [9.17, 15) is 9.59 Å². The first kappa shape index (κ1) is 20.0. The smallest absolute Gasteiger partial charge is 0.224 e. The van der Waals surface area contributed by atoms with Crippen LogP contribution >= 0.6 is 11.6 Å². The van der Waals surface area contributed by atoms with Gasteiger partial charge in [-0.3, -0.25) is 9.59 Å². The van der Waals surface area contributed by atoms with Gasteiger partial charge in [0.2, 0.25) is 11.8 Å². The van der Waals surface area contributed by atoms with Crippen LogP contribution in [0.3, 0.4) is 0 Å². The van der Waals surface area contributed by atoms with Gasteiger partial charge in [0.25, 0.3) is 0 Å². The first-order chi connectivity index (χ1) is 13.4. The van der Waals surface area contributed by atoms with Crippen molar-refractivity contribution in [1.82, 2.24) is 0 Å². The van der Waals surface area contributed by atoms with Crippen LogP contribution in [0.1, 0.15) is 24.8 Å². The molecule has 0 radical (unpaired) electrons. The molecule has 6 nitrogen and oxygen atoms in total. The van der Waals surface area contributed by atoms with Gasteiger partial charge in [0.15, 0.2) is 0 Å². The van der Waals surface area contributed by atoms with Crippen LogP contribution in [0, 0.1) is 0 Å². The number of hydrogen-bond donors (Lipinski definition) is 2. The third kappa shape index (κ3) is 4.95. The Kier molecular flexibility index (Phi) is 6.41. The number of carbonyl (C=O) groups excluding carboxylic acids is 2. The second kappa shape index (κ2) is 8.97. The van der Waals surface area contributed by atoms with E-state index in [1.165, 1.54) is 0 Å². The first-order valence-electron chi connectivity index (χ1n) is 9.25. The molecule has 0 aromatic heterocycles. The van der Waals surface area contributed by atoms with Gasteiger partial charge in [0.1, 0.15) is 5.75 Å². The second-order valence-corrected chi connectivity index (χ2v) is 7.30. The Balaban J connectivity index is 1.48. The number of nitrogens with one attached hydrogen (secondary N) is 2. The molecule has 0 bridgehead atoms. The summed E-state index contributed by atoms with van der Waals surface area (Å²) >= 11 is 6.22. The molecule has 148 valence electrons. The fourth-order valence-electron chi connectivity index (χ4n) is 3.16. The van der Waals surface area contributed by atoms with Crippen molar-refractivity contribution >= 4 is 40.5 Å². The lowest BCUT2D eigenvalue weighted by Gasteiger charge is -2.19. The first-order valence-corrected chi connectivity index (χ1v) is 9.63. The number of hydrogen-bond acceptors (Lipinski definition) is 4. The van der Waals surface area contributed by atoms with Gasteiger partial charge in [-0.25, -0.2) is 0 Å². The van der Waals surface area contributed by atoms with Crippen molar-refractivity contribution in [2.75, 3.05) is 36.2 Å². The zero-order valence-electron chi connectivity index (χ0n) is 16.0. The summed E-state index contributed by atoms with van der Waals surface area (Å²) in [5.74, 6) is 0.714. The summed E-state index contributed by atoms with van der Waals surface area (Å²) in [5, 5.41) is 6.36. The SMILES string of the molecule is CN(C)c1c(Cl)cccc1NC(=O)CCCOc1ccc2c(c1)CCC(=O)N2. The van der Waals surface area contributed by atoms with Gasteiger partial charge in [-0.15, -0.1) is 0 Å². The lowest BCUT2D eigenvalue weighted by atomic mass is 10.0. The van der Waals surface area contributed by atoms with Gasteiger partial charge >= 0.3 is 0 Å². The van der Waals surface area contributed by atoms with Gasteiger partial charge in [-0.2, -0.15) is 0 Å². The van der Waals surface area contributed by atoms with Crippen LogP contribution in [0.2, 0.25) is 5.02 Å². The van der Waals surface area contributed by atoms with Gasteiger partial charge in [-0.1, -0.05) is 17.7 Å². The van der Waals surface area contributed by atoms with Gasteiger partial charge < -0.3 is 20.3 Å². The summed E-state index contributed by atoms with van der Waals surface area (Å²) in [4.78, 5) is 25.5. The Hall–Kier alpha value is -2.73. The molecule has 2 aromatic carbocycles. The molecular weight excluding hydrogens is 378 g/mol. The molecule has 2 aromatic rings. The van der Waals surface area contributed by atoms with E-state index >= 15 is 0 Å². The zero-order chi connectivity index (χ0) is 20.1. The molecule has 3 rings (SSSR count). The molecule has 7 heteroatoms. The van der Waals surface area contributed by atoms with Gasteiger partial charge in [0, 0.05) is 32.6 Å². The molecule has 28 heavy (non-hydrogen) atoms. The van der Waals surface area contributed by atoms with Crippen LogP contribution < -0.4 is 20.3 Å². The highest BCUT2D eigenvalue weighted by Crippen LogP contribution is 2.32. The molecule has 0 atom stereocenters. The molecule has 0 saturated heterocycles. The van der Waals surface area contributed by atoms with Crippen molar-refractivity contribution in [3.63, 3.8) is 0 Å². The van der Waals surface area contributed by atoms with Crippen LogP contribution in [0.5, 0.6) is 5.75 Å². The molecule has 0 spiro atoms. The van der Waals surface area contributed by atoms with E-state index in [1.54, 1.807) is 6.07 Å². The molecule has 0 aliphatic carbocycles. The number of amides is 2. The normalized spacial score (nSPS) is 12.8. The number of halogens is 1. The van der Waals surface area contributed by atoms with Crippen molar-refractivity contribution in [3.8, 4) is 5.75 Å². The number of nitrogens with zero attached hydrogens (tertiary/aromatic N) is 1. The maximum Gasteiger partial charge on any atom is 0.224 e. The van der Waals surface area contributed by atoms with E-state index in [-0.39, 0.29) is 11.8 Å². The number of benzene rings is 2. The number of anilines is 3. The number of para-hydroxylation sites is 1. The van der Waals surface area contributed by atoms with Crippen LogP contribution in [0.25, 0.3) is 0 Å². The fourth-order valence-corrected chi connectivity index (χ4v) is 3.50. The minimum Gasteiger partial charge on any atom is -0.494 e. The van der Waals surface area contributed by atoms with Crippen LogP contribution in [0.15, 0.2) is 36.4 Å². The summed E-state index contributed by atoms with van der Waals surface area (Å²) in [6, 6.07) is 11.1. The monoisotopic (exact) mass is 401 g/mol. The van der Waals surface area contributed by atoms with E-state index in [4.69, 9.17) is 16.3 Å². The van der Waals surface area contributed by atoms with Crippen LogP contribution in [-0.2, 0) is 16.0 Å². The maximum absolute atomic E-state index is 12.3. The minimum absolute atomic E-state index is 0.0457. The third-order valence-electron chi connectivity index (χ3n) is 4.50. The lowest BCUT2D eigenvalue weighted by Crippen LogP contribution is -2.19. The van der Waals surface area contributed by atoms with Crippen LogP contribution in [-0.4, -0.2) is 32.5 Å². The quantitative estimate of drug-likeness (QED) is 0.685. The average molecular weight is 402 g/mol. The highest BCUT2D eigenvalue weighted by molar-refractivity contribution is 6.34. The molecule has 0 fully saturated rings. The van der Waals surface area contributed by atoms with Gasteiger partial charge in [-0.05, 0) is 48.7 Å². The summed E-state index contributed by atoms with van der Waals surface area (Å²) in [7, 11) is 3.77.